The van der Waals surface area contributed by atoms with Crippen LogP contribution in [-0.2, 0) is 11.3 Å². The molecule has 1 amide bonds. The predicted molar refractivity (Wildman–Crippen MR) is 88.3 cm³/mol. The molecule has 2 heterocycles. The van der Waals surface area contributed by atoms with Crippen molar-refractivity contribution >= 4 is 40.3 Å². The molecule has 1 N–H and O–H groups in total. The fourth-order valence-electron chi connectivity index (χ4n) is 2.16. The van der Waals surface area contributed by atoms with Gasteiger partial charge in [0.15, 0.2) is 11.1 Å². The number of carbonyl (C=O) groups is 1. The van der Waals surface area contributed by atoms with E-state index in [1.807, 2.05) is 0 Å². The third-order valence-corrected chi connectivity index (χ3v) is 4.07. The van der Waals surface area contributed by atoms with E-state index in [0.29, 0.717) is 39.7 Å². The minimum absolute atomic E-state index is 0.236. The van der Waals surface area contributed by atoms with Crippen LogP contribution in [0.2, 0.25) is 10.0 Å². The highest BCUT2D eigenvalue weighted by Crippen LogP contribution is 2.25. The molecule has 8 heteroatoms. The summed E-state index contributed by atoms with van der Waals surface area (Å²) in [6.07, 6.45) is 3.43. The number of benzene rings is 1. The number of carbonyl (C=O) groups excluding carboxylic acids is 1. The topological polar surface area (TPSA) is 75.9 Å². The molecule has 118 valence electrons. The van der Waals surface area contributed by atoms with Crippen molar-refractivity contribution in [3.8, 4) is 0 Å². The van der Waals surface area contributed by atoms with Crippen molar-refractivity contribution in [2.24, 2.45) is 4.99 Å². The third-order valence-electron chi connectivity index (χ3n) is 3.36. The van der Waals surface area contributed by atoms with Gasteiger partial charge < -0.3 is 9.55 Å². The van der Waals surface area contributed by atoms with Crippen LogP contribution in [0.15, 0.2) is 35.8 Å². The van der Waals surface area contributed by atoms with Gasteiger partial charge in [0.1, 0.15) is 5.52 Å². The molecule has 0 aliphatic rings. The first-order chi connectivity index (χ1) is 11.1. The number of nitrogens with one attached hydrogen (secondary N) is 1. The summed E-state index contributed by atoms with van der Waals surface area (Å²) in [7, 11) is 0. The first-order valence-electron chi connectivity index (χ1n) is 6.99. The van der Waals surface area contributed by atoms with Gasteiger partial charge in [-0.2, -0.15) is 4.99 Å². The highest BCUT2D eigenvalue weighted by molar-refractivity contribution is 6.36. The van der Waals surface area contributed by atoms with E-state index in [2.05, 4.69) is 19.9 Å². The van der Waals surface area contributed by atoms with E-state index in [1.54, 1.807) is 36.0 Å². The van der Waals surface area contributed by atoms with Gasteiger partial charge in [-0.15, -0.1) is 0 Å². The Kier molecular flexibility index (Phi) is 4.45. The molecule has 0 saturated carbocycles. The van der Waals surface area contributed by atoms with Gasteiger partial charge in [-0.25, -0.2) is 9.97 Å². The van der Waals surface area contributed by atoms with Gasteiger partial charge in [0.2, 0.25) is 5.91 Å². The highest BCUT2D eigenvalue weighted by Gasteiger charge is 2.10. The molecule has 0 fully saturated rings. The van der Waals surface area contributed by atoms with Crippen molar-refractivity contribution < 1.29 is 4.79 Å². The molecule has 3 rings (SSSR count). The first-order valence-corrected chi connectivity index (χ1v) is 7.74. The molecule has 0 unspecified atom stereocenters. The van der Waals surface area contributed by atoms with Crippen LogP contribution in [0.4, 0.5) is 0 Å². The van der Waals surface area contributed by atoms with Crippen molar-refractivity contribution in [3.63, 3.8) is 0 Å². The number of fused-ring (bicyclic) bond motifs is 1. The van der Waals surface area contributed by atoms with E-state index in [-0.39, 0.29) is 5.91 Å². The summed E-state index contributed by atoms with van der Waals surface area (Å²) in [5.41, 5.74) is 2.32. The molecule has 6 nitrogen and oxygen atoms in total. The summed E-state index contributed by atoms with van der Waals surface area (Å²) in [6, 6.07) is 5.35. The molecule has 23 heavy (non-hydrogen) atoms. The van der Waals surface area contributed by atoms with Crippen molar-refractivity contribution in [1.29, 1.82) is 0 Å². The molecule has 0 bridgehead atoms. The van der Waals surface area contributed by atoms with Gasteiger partial charge in [0.05, 0.1) is 19.2 Å². The van der Waals surface area contributed by atoms with E-state index in [1.165, 1.54) is 6.33 Å². The molecule has 2 aromatic heterocycles. The maximum Gasteiger partial charge on any atom is 0.247 e. The third kappa shape index (κ3) is 3.13. The van der Waals surface area contributed by atoms with Crippen LogP contribution >= 0.6 is 23.2 Å². The van der Waals surface area contributed by atoms with E-state index < -0.39 is 0 Å². The minimum atomic E-state index is -0.236. The molecule has 0 aliphatic carbocycles. The Balaban J connectivity index is 2.11. The molecule has 0 saturated heterocycles. The van der Waals surface area contributed by atoms with Crippen LogP contribution in [-0.4, -0.2) is 25.4 Å². The lowest BCUT2D eigenvalue weighted by Crippen LogP contribution is -2.17. The average Bonchev–Trinajstić information content (AvgIpc) is 3.03. The van der Waals surface area contributed by atoms with Crippen LogP contribution in [0, 0.1) is 0 Å². The van der Waals surface area contributed by atoms with E-state index in [0.717, 1.165) is 5.56 Å². The number of halogens is 2. The largest absolute Gasteiger partial charge is 0.340 e. The number of H-pyrrole nitrogens is 1. The molecular formula is C15H13Cl2N5O. The Hall–Kier alpha value is -2.18. The smallest absolute Gasteiger partial charge is 0.247 e. The number of nitrogens with zero attached hydrogens (tertiary/aromatic N) is 4. The van der Waals surface area contributed by atoms with Crippen molar-refractivity contribution in [3.05, 3.63) is 52.0 Å². The van der Waals surface area contributed by atoms with E-state index >= 15 is 0 Å². The summed E-state index contributed by atoms with van der Waals surface area (Å²) < 4.78 is 1.80. The highest BCUT2D eigenvalue weighted by atomic mass is 35.5. The zero-order valence-corrected chi connectivity index (χ0v) is 13.8. The fourth-order valence-corrected chi connectivity index (χ4v) is 2.68. The van der Waals surface area contributed by atoms with Gasteiger partial charge in [0.25, 0.3) is 0 Å². The molecule has 0 radical (unpaired) electrons. The lowest BCUT2D eigenvalue weighted by atomic mass is 10.2. The zero-order valence-electron chi connectivity index (χ0n) is 12.3. The van der Waals surface area contributed by atoms with Crippen molar-refractivity contribution in [1.82, 2.24) is 19.5 Å². The number of rotatable bonds is 3. The van der Waals surface area contributed by atoms with Gasteiger partial charge in [-0.05, 0) is 12.1 Å². The molecule has 0 aliphatic heterocycles. The standard InChI is InChI=1S/C15H13Cl2N5O/c1-2-12(23)21-14-13-15(19-7-18-13)22(8-20-14)6-9-10(16)4-3-5-11(9)17/h3-5,7-8H,2,6H2,1H3,(H,18,19). The summed E-state index contributed by atoms with van der Waals surface area (Å²) in [6.45, 7) is 2.16. The quantitative estimate of drug-likeness (QED) is 0.789. The molecule has 1 aromatic carbocycles. The Morgan fingerprint density at radius 3 is 2.74 bits per heavy atom. The van der Waals surface area contributed by atoms with E-state index in [9.17, 15) is 4.79 Å². The lowest BCUT2D eigenvalue weighted by molar-refractivity contribution is -0.117. The SMILES string of the molecule is CCC(=O)N=c1ncn(Cc2c(Cl)cccc2Cl)c2nc[nH]c12. The predicted octanol–water partition coefficient (Wildman–Crippen LogP) is 2.95. The second-order valence-corrected chi connectivity index (χ2v) is 5.67. The summed E-state index contributed by atoms with van der Waals surface area (Å²) in [5, 5.41) is 1.15. The van der Waals surface area contributed by atoms with Crippen LogP contribution in [0.25, 0.3) is 11.2 Å². The first kappa shape index (κ1) is 15.7. The Morgan fingerprint density at radius 1 is 1.30 bits per heavy atom. The molecule has 0 spiro atoms. The zero-order chi connectivity index (χ0) is 16.4. The monoisotopic (exact) mass is 349 g/mol. The second kappa shape index (κ2) is 6.52. The summed E-state index contributed by atoms with van der Waals surface area (Å²) in [5.74, 6) is -0.236. The number of amides is 1. The lowest BCUT2D eigenvalue weighted by Gasteiger charge is -2.10. The molecule has 0 atom stereocenters. The van der Waals surface area contributed by atoms with Crippen LogP contribution in [0.1, 0.15) is 18.9 Å². The van der Waals surface area contributed by atoms with Gasteiger partial charge >= 0.3 is 0 Å². The normalized spacial score (nSPS) is 12.0. The molecular weight excluding hydrogens is 337 g/mol. The fraction of sp³-hybridized carbons (Fsp3) is 0.200. The van der Waals surface area contributed by atoms with Gasteiger partial charge in [0, 0.05) is 22.0 Å². The Morgan fingerprint density at radius 2 is 2.04 bits per heavy atom. The number of hydrogen-bond acceptors (Lipinski definition) is 3. The van der Waals surface area contributed by atoms with E-state index in [4.69, 9.17) is 23.2 Å². The maximum atomic E-state index is 11.5. The number of aromatic amines is 1. The Labute approximate surface area is 141 Å². The van der Waals surface area contributed by atoms with Crippen molar-refractivity contribution in [2.75, 3.05) is 0 Å². The Bertz CT molecular complexity index is 924. The van der Waals surface area contributed by atoms with Gasteiger partial charge in [-0.3, -0.25) is 4.79 Å². The average molecular weight is 350 g/mol. The number of hydrogen-bond donors (Lipinski definition) is 1. The second-order valence-electron chi connectivity index (χ2n) is 4.86. The summed E-state index contributed by atoms with van der Waals surface area (Å²) >= 11 is 12.4. The summed E-state index contributed by atoms with van der Waals surface area (Å²) in [4.78, 5) is 27.0. The molecule has 3 aromatic rings. The number of imidazole rings is 1. The minimum Gasteiger partial charge on any atom is -0.340 e. The van der Waals surface area contributed by atoms with Crippen LogP contribution in [0.5, 0.6) is 0 Å². The number of aromatic nitrogens is 4. The van der Waals surface area contributed by atoms with Crippen molar-refractivity contribution in [2.45, 2.75) is 19.9 Å². The van der Waals surface area contributed by atoms with Crippen LogP contribution in [0.3, 0.4) is 0 Å². The van der Waals surface area contributed by atoms with Crippen LogP contribution < -0.4 is 5.49 Å². The van der Waals surface area contributed by atoms with Gasteiger partial charge in [-0.1, -0.05) is 36.2 Å². The maximum absolute atomic E-state index is 11.5.